The lowest BCUT2D eigenvalue weighted by molar-refractivity contribution is -0.118. The van der Waals surface area contributed by atoms with Crippen molar-refractivity contribution in [3.63, 3.8) is 0 Å². The van der Waals surface area contributed by atoms with Gasteiger partial charge in [-0.05, 0) is 50.1 Å². The molecular weight excluding hydrogens is 322 g/mol. The van der Waals surface area contributed by atoms with Crippen LogP contribution in [0.5, 0.6) is 11.5 Å². The summed E-state index contributed by atoms with van der Waals surface area (Å²) in [4.78, 5) is 23.4. The number of para-hydroxylation sites is 2. The zero-order valence-corrected chi connectivity index (χ0v) is 14.5. The third kappa shape index (κ3) is 4.73. The van der Waals surface area contributed by atoms with E-state index in [1.807, 2.05) is 13.0 Å². The molecule has 0 atom stereocenters. The van der Waals surface area contributed by atoms with Gasteiger partial charge in [0.05, 0.1) is 12.2 Å². The van der Waals surface area contributed by atoms with Crippen LogP contribution in [0.1, 0.15) is 28.4 Å². The first kappa shape index (κ1) is 18.3. The third-order valence-corrected chi connectivity index (χ3v) is 3.58. The van der Waals surface area contributed by atoms with Crippen molar-refractivity contribution >= 4 is 17.6 Å². The molecule has 0 aliphatic rings. The van der Waals surface area contributed by atoms with Gasteiger partial charge >= 0.3 is 5.97 Å². The number of benzene rings is 2. The predicted octanol–water partition coefficient (Wildman–Crippen LogP) is 3.42. The highest BCUT2D eigenvalue weighted by Gasteiger charge is 2.13. The van der Waals surface area contributed by atoms with Crippen LogP contribution < -0.4 is 14.8 Å². The smallest absolute Gasteiger partial charge is 0.336 e. The number of aromatic carboxylic acids is 1. The van der Waals surface area contributed by atoms with Gasteiger partial charge in [-0.25, -0.2) is 4.79 Å². The van der Waals surface area contributed by atoms with Gasteiger partial charge in [0.1, 0.15) is 0 Å². The Hall–Kier alpha value is -3.02. The van der Waals surface area contributed by atoms with Gasteiger partial charge in [0.25, 0.3) is 5.91 Å². The number of rotatable bonds is 7. The molecule has 0 fully saturated rings. The second-order valence-electron chi connectivity index (χ2n) is 5.50. The molecule has 0 radical (unpaired) electrons. The van der Waals surface area contributed by atoms with E-state index in [2.05, 4.69) is 5.32 Å². The molecule has 0 unspecified atom stereocenters. The molecule has 0 aliphatic heterocycles. The minimum atomic E-state index is -1.03. The van der Waals surface area contributed by atoms with Crippen LogP contribution in [-0.2, 0) is 4.79 Å². The topological polar surface area (TPSA) is 84.9 Å². The van der Waals surface area contributed by atoms with E-state index < -0.39 is 5.97 Å². The summed E-state index contributed by atoms with van der Waals surface area (Å²) < 4.78 is 11.0. The van der Waals surface area contributed by atoms with Crippen molar-refractivity contribution in [1.82, 2.24) is 0 Å². The van der Waals surface area contributed by atoms with Crippen molar-refractivity contribution in [2.75, 3.05) is 18.5 Å². The van der Waals surface area contributed by atoms with E-state index in [1.165, 1.54) is 6.07 Å². The number of hydrogen-bond donors (Lipinski definition) is 2. The monoisotopic (exact) mass is 343 g/mol. The standard InChI is InChI=1S/C19H21NO5/c1-4-24-16-7-5-6-8-17(16)25-11-18(21)20-15-10-14(19(22)23)12(2)9-13(15)3/h5-10H,4,11H2,1-3H3,(H,20,21)(H,22,23). The van der Waals surface area contributed by atoms with Crippen LogP contribution in [0.2, 0.25) is 0 Å². The number of anilines is 1. The van der Waals surface area contributed by atoms with E-state index in [9.17, 15) is 14.7 Å². The summed E-state index contributed by atoms with van der Waals surface area (Å²) >= 11 is 0. The lowest BCUT2D eigenvalue weighted by atomic mass is 10.0. The van der Waals surface area contributed by atoms with E-state index in [0.717, 1.165) is 5.56 Å². The van der Waals surface area contributed by atoms with Crippen molar-refractivity contribution in [2.24, 2.45) is 0 Å². The Kier molecular flexibility index (Phi) is 6.00. The number of nitrogens with one attached hydrogen (secondary N) is 1. The summed E-state index contributed by atoms with van der Waals surface area (Å²) in [5.74, 6) is -0.367. The average Bonchev–Trinajstić information content (AvgIpc) is 2.56. The summed E-state index contributed by atoms with van der Waals surface area (Å²) in [7, 11) is 0. The van der Waals surface area contributed by atoms with Crippen LogP contribution >= 0.6 is 0 Å². The fourth-order valence-electron chi connectivity index (χ4n) is 2.39. The number of carbonyl (C=O) groups is 2. The normalized spacial score (nSPS) is 10.2. The zero-order valence-electron chi connectivity index (χ0n) is 14.5. The molecule has 6 nitrogen and oxygen atoms in total. The Morgan fingerprint density at radius 3 is 2.28 bits per heavy atom. The van der Waals surface area contributed by atoms with Crippen molar-refractivity contribution in [2.45, 2.75) is 20.8 Å². The van der Waals surface area contributed by atoms with E-state index in [4.69, 9.17) is 9.47 Å². The first-order valence-corrected chi connectivity index (χ1v) is 7.91. The third-order valence-electron chi connectivity index (χ3n) is 3.58. The molecule has 6 heteroatoms. The molecule has 1 amide bonds. The molecule has 0 bridgehead atoms. The molecular formula is C19H21NO5. The summed E-state index contributed by atoms with van der Waals surface area (Å²) in [6.45, 7) is 5.67. The molecule has 0 saturated heterocycles. The maximum atomic E-state index is 12.1. The maximum Gasteiger partial charge on any atom is 0.336 e. The van der Waals surface area contributed by atoms with Gasteiger partial charge in [-0.15, -0.1) is 0 Å². The number of carboxylic acid groups (broad SMARTS) is 1. The molecule has 2 aromatic carbocycles. The molecule has 2 aromatic rings. The minimum Gasteiger partial charge on any atom is -0.490 e. The van der Waals surface area contributed by atoms with Crippen LogP contribution in [0.25, 0.3) is 0 Å². The van der Waals surface area contributed by atoms with Gasteiger partial charge in [-0.1, -0.05) is 18.2 Å². The van der Waals surface area contributed by atoms with E-state index in [0.29, 0.717) is 29.4 Å². The number of carbonyl (C=O) groups excluding carboxylic acids is 1. The summed E-state index contributed by atoms with van der Waals surface area (Å²) in [6.07, 6.45) is 0. The zero-order chi connectivity index (χ0) is 18.4. The Balaban J connectivity index is 2.06. The van der Waals surface area contributed by atoms with E-state index in [-0.39, 0.29) is 18.1 Å². The minimum absolute atomic E-state index is 0.156. The van der Waals surface area contributed by atoms with Crippen molar-refractivity contribution < 1.29 is 24.2 Å². The second kappa shape index (κ2) is 8.19. The van der Waals surface area contributed by atoms with Gasteiger partial charge in [0, 0.05) is 5.69 Å². The summed E-state index contributed by atoms with van der Waals surface area (Å²) in [5, 5.41) is 11.9. The van der Waals surface area contributed by atoms with Crippen molar-refractivity contribution in [3.05, 3.63) is 53.1 Å². The highest BCUT2D eigenvalue weighted by Crippen LogP contribution is 2.26. The first-order valence-electron chi connectivity index (χ1n) is 7.91. The largest absolute Gasteiger partial charge is 0.490 e. The lowest BCUT2D eigenvalue weighted by Crippen LogP contribution is -2.21. The van der Waals surface area contributed by atoms with Crippen LogP contribution in [0.15, 0.2) is 36.4 Å². The van der Waals surface area contributed by atoms with E-state index in [1.54, 1.807) is 38.1 Å². The molecule has 2 N–H and O–H groups in total. The Morgan fingerprint density at radius 2 is 1.68 bits per heavy atom. The lowest BCUT2D eigenvalue weighted by Gasteiger charge is -2.13. The number of carboxylic acids is 1. The van der Waals surface area contributed by atoms with Crippen LogP contribution in [0.3, 0.4) is 0 Å². The first-order chi connectivity index (χ1) is 11.9. The molecule has 0 heterocycles. The number of ether oxygens (including phenoxy) is 2. The molecule has 0 saturated carbocycles. The van der Waals surface area contributed by atoms with Crippen LogP contribution in [0, 0.1) is 13.8 Å². The average molecular weight is 343 g/mol. The molecule has 0 aromatic heterocycles. The van der Waals surface area contributed by atoms with Crippen LogP contribution in [0.4, 0.5) is 5.69 Å². The summed E-state index contributed by atoms with van der Waals surface area (Å²) in [6, 6.07) is 10.3. The fourth-order valence-corrected chi connectivity index (χ4v) is 2.39. The SMILES string of the molecule is CCOc1ccccc1OCC(=O)Nc1cc(C(=O)O)c(C)cc1C. The molecule has 2 rings (SSSR count). The molecule has 132 valence electrons. The van der Waals surface area contributed by atoms with Crippen LogP contribution in [-0.4, -0.2) is 30.2 Å². The Morgan fingerprint density at radius 1 is 1.04 bits per heavy atom. The van der Waals surface area contributed by atoms with Gasteiger partial charge in [-0.3, -0.25) is 4.79 Å². The predicted molar refractivity (Wildman–Crippen MR) is 94.6 cm³/mol. The van der Waals surface area contributed by atoms with Gasteiger partial charge < -0.3 is 19.9 Å². The number of amides is 1. The Bertz CT molecular complexity index is 785. The number of hydrogen-bond acceptors (Lipinski definition) is 4. The fraction of sp³-hybridized carbons (Fsp3) is 0.263. The van der Waals surface area contributed by atoms with Gasteiger partial charge in [0.15, 0.2) is 18.1 Å². The van der Waals surface area contributed by atoms with Crippen molar-refractivity contribution in [3.8, 4) is 11.5 Å². The van der Waals surface area contributed by atoms with Gasteiger partial charge in [0.2, 0.25) is 0 Å². The molecule has 0 spiro atoms. The summed E-state index contributed by atoms with van der Waals surface area (Å²) in [5.41, 5.74) is 2.04. The second-order valence-corrected chi connectivity index (χ2v) is 5.50. The highest BCUT2D eigenvalue weighted by molar-refractivity contribution is 5.96. The van der Waals surface area contributed by atoms with E-state index >= 15 is 0 Å². The van der Waals surface area contributed by atoms with Gasteiger partial charge in [-0.2, -0.15) is 0 Å². The quantitative estimate of drug-likeness (QED) is 0.805. The molecule has 0 aliphatic carbocycles. The maximum absolute atomic E-state index is 12.1. The molecule has 25 heavy (non-hydrogen) atoms. The Labute approximate surface area is 146 Å². The highest BCUT2D eigenvalue weighted by atomic mass is 16.5. The van der Waals surface area contributed by atoms with Crippen molar-refractivity contribution in [1.29, 1.82) is 0 Å². The number of aryl methyl sites for hydroxylation is 2.